The summed E-state index contributed by atoms with van der Waals surface area (Å²) in [5.74, 6) is 5.78. The summed E-state index contributed by atoms with van der Waals surface area (Å²) in [5, 5.41) is 0. The molecule has 0 bridgehead atoms. The zero-order valence-electron chi connectivity index (χ0n) is 13.0. The lowest BCUT2D eigenvalue weighted by Gasteiger charge is -2.31. The Kier molecular flexibility index (Phi) is 4.58. The van der Waals surface area contributed by atoms with Gasteiger partial charge in [0.15, 0.2) is 5.57 Å². The Bertz CT molecular complexity index is 642. The SMILES string of the molecule is CCOC(=O)C1=Cc2ccc(OCC)nc2[N+](N)(CC)C1=O. The molecule has 1 unspecified atom stereocenters. The molecule has 118 valence electrons. The van der Waals surface area contributed by atoms with Crippen LogP contribution in [0.15, 0.2) is 17.7 Å². The normalized spacial score (nSPS) is 20.2. The Labute approximate surface area is 128 Å². The number of fused-ring (bicyclic) bond motifs is 1. The first kappa shape index (κ1) is 16.1. The van der Waals surface area contributed by atoms with Gasteiger partial charge in [-0.05, 0) is 32.9 Å². The third-order valence-electron chi connectivity index (χ3n) is 3.44. The van der Waals surface area contributed by atoms with Gasteiger partial charge in [-0.3, -0.25) is 0 Å². The minimum Gasteiger partial charge on any atom is -0.478 e. The van der Waals surface area contributed by atoms with Gasteiger partial charge in [0.25, 0.3) is 5.82 Å². The number of esters is 1. The van der Waals surface area contributed by atoms with Crippen LogP contribution in [0.1, 0.15) is 26.3 Å². The van der Waals surface area contributed by atoms with Gasteiger partial charge in [0, 0.05) is 6.07 Å². The van der Waals surface area contributed by atoms with Crippen LogP contribution in [-0.2, 0) is 14.3 Å². The van der Waals surface area contributed by atoms with E-state index in [1.54, 1.807) is 26.0 Å². The van der Waals surface area contributed by atoms with Gasteiger partial charge in [-0.15, -0.1) is 4.59 Å². The highest BCUT2D eigenvalue weighted by molar-refractivity contribution is 6.24. The van der Waals surface area contributed by atoms with Gasteiger partial charge in [-0.25, -0.2) is 9.59 Å². The van der Waals surface area contributed by atoms with E-state index in [2.05, 4.69) is 4.98 Å². The van der Waals surface area contributed by atoms with Gasteiger partial charge >= 0.3 is 11.9 Å². The number of amides is 1. The number of ether oxygens (including phenoxy) is 2. The first-order valence-electron chi connectivity index (χ1n) is 7.22. The fraction of sp³-hybridized carbons (Fsp3) is 0.400. The smallest absolute Gasteiger partial charge is 0.378 e. The summed E-state index contributed by atoms with van der Waals surface area (Å²) in [6.45, 7) is 6.18. The van der Waals surface area contributed by atoms with E-state index in [1.807, 2.05) is 6.92 Å². The van der Waals surface area contributed by atoms with Crippen molar-refractivity contribution in [3.63, 3.8) is 0 Å². The summed E-state index contributed by atoms with van der Waals surface area (Å²) in [4.78, 5) is 28.9. The molecule has 1 amide bonds. The molecule has 22 heavy (non-hydrogen) atoms. The second-order valence-electron chi connectivity index (χ2n) is 4.76. The number of nitrogens with zero attached hydrogens (tertiary/aromatic N) is 2. The summed E-state index contributed by atoms with van der Waals surface area (Å²) in [5.41, 5.74) is 0.542. The second kappa shape index (κ2) is 6.25. The second-order valence-corrected chi connectivity index (χ2v) is 4.76. The highest BCUT2D eigenvalue weighted by Crippen LogP contribution is 2.33. The number of nitrogens with two attached hydrogens (primary N) is 1. The van der Waals surface area contributed by atoms with Crippen molar-refractivity contribution in [2.24, 2.45) is 5.84 Å². The van der Waals surface area contributed by atoms with E-state index in [-0.39, 0.29) is 18.7 Å². The Hall–Kier alpha value is -2.25. The lowest BCUT2D eigenvalue weighted by molar-refractivity contribution is -0.142. The summed E-state index contributed by atoms with van der Waals surface area (Å²) < 4.78 is 9.70. The molecule has 0 spiro atoms. The first-order chi connectivity index (χ1) is 10.5. The molecule has 1 aliphatic heterocycles. The highest BCUT2D eigenvalue weighted by atomic mass is 16.5. The lowest BCUT2D eigenvalue weighted by Crippen LogP contribution is -2.63. The Morgan fingerprint density at radius 2 is 2.00 bits per heavy atom. The monoisotopic (exact) mass is 306 g/mol. The fourth-order valence-electron chi connectivity index (χ4n) is 2.28. The molecule has 2 rings (SSSR count). The summed E-state index contributed by atoms with van der Waals surface area (Å²) >= 11 is 0. The van der Waals surface area contributed by atoms with Crippen molar-refractivity contribution < 1.29 is 19.1 Å². The molecule has 0 radical (unpaired) electrons. The average molecular weight is 306 g/mol. The predicted molar refractivity (Wildman–Crippen MR) is 81.5 cm³/mol. The minimum atomic E-state index is -0.673. The van der Waals surface area contributed by atoms with Crippen molar-refractivity contribution in [1.29, 1.82) is 0 Å². The zero-order chi connectivity index (χ0) is 16.3. The number of aromatic nitrogens is 1. The largest absolute Gasteiger partial charge is 0.478 e. The molecule has 0 aromatic carbocycles. The quantitative estimate of drug-likeness (QED) is 0.289. The van der Waals surface area contributed by atoms with Crippen molar-refractivity contribution >= 4 is 23.8 Å². The van der Waals surface area contributed by atoms with Crippen LogP contribution >= 0.6 is 0 Å². The van der Waals surface area contributed by atoms with E-state index in [0.29, 0.717) is 23.9 Å². The average Bonchev–Trinajstić information content (AvgIpc) is 2.51. The first-order valence-corrected chi connectivity index (χ1v) is 7.22. The molecule has 0 saturated carbocycles. The topological polar surface area (TPSA) is 91.5 Å². The lowest BCUT2D eigenvalue weighted by atomic mass is 10.0. The molecule has 2 N–H and O–H groups in total. The van der Waals surface area contributed by atoms with Crippen LogP contribution < -0.4 is 15.2 Å². The molecular formula is C15H20N3O4+. The molecule has 7 heteroatoms. The molecule has 1 aromatic rings. The van der Waals surface area contributed by atoms with Gasteiger partial charge in [0.05, 0.1) is 18.8 Å². The highest BCUT2D eigenvalue weighted by Gasteiger charge is 2.46. The summed E-state index contributed by atoms with van der Waals surface area (Å²) in [6, 6.07) is 3.41. The number of rotatable bonds is 5. The third kappa shape index (κ3) is 2.60. The molecule has 1 atom stereocenters. The van der Waals surface area contributed by atoms with Crippen LogP contribution in [0.3, 0.4) is 0 Å². The van der Waals surface area contributed by atoms with Crippen LogP contribution in [0, 0.1) is 0 Å². The zero-order valence-corrected chi connectivity index (χ0v) is 13.0. The van der Waals surface area contributed by atoms with Crippen molar-refractivity contribution in [1.82, 2.24) is 9.58 Å². The number of carbonyl (C=O) groups excluding carboxylic acids is 2. The number of hydrogen-bond donors (Lipinski definition) is 1. The van der Waals surface area contributed by atoms with Crippen LogP contribution in [0.5, 0.6) is 5.88 Å². The van der Waals surface area contributed by atoms with Crippen molar-refractivity contribution in [2.75, 3.05) is 19.8 Å². The molecule has 7 nitrogen and oxygen atoms in total. The summed E-state index contributed by atoms with van der Waals surface area (Å²) in [7, 11) is 0. The number of carbonyl (C=O) groups is 2. The van der Waals surface area contributed by atoms with Crippen LogP contribution in [0.4, 0.5) is 5.82 Å². The fourth-order valence-corrected chi connectivity index (χ4v) is 2.28. The maximum absolute atomic E-state index is 12.6. The number of hydrogen-bond acceptors (Lipinski definition) is 6. The predicted octanol–water partition coefficient (Wildman–Crippen LogP) is 1.17. The van der Waals surface area contributed by atoms with E-state index in [4.69, 9.17) is 15.3 Å². The molecule has 2 heterocycles. The van der Waals surface area contributed by atoms with E-state index in [0.717, 1.165) is 0 Å². The maximum atomic E-state index is 12.6. The van der Waals surface area contributed by atoms with E-state index in [1.165, 1.54) is 6.08 Å². The molecule has 0 aliphatic carbocycles. The van der Waals surface area contributed by atoms with E-state index >= 15 is 0 Å². The van der Waals surface area contributed by atoms with Gasteiger partial charge in [-0.1, -0.05) is 0 Å². The van der Waals surface area contributed by atoms with Gasteiger partial charge < -0.3 is 9.47 Å². The number of pyridine rings is 1. The van der Waals surface area contributed by atoms with Crippen LogP contribution in [0.2, 0.25) is 0 Å². The molecular weight excluding hydrogens is 286 g/mol. The Morgan fingerprint density at radius 3 is 2.59 bits per heavy atom. The number of likely N-dealkylation sites (N-methyl/N-ethyl adjacent to an activating group) is 1. The van der Waals surface area contributed by atoms with Gasteiger partial charge in [0.1, 0.15) is 6.54 Å². The molecule has 0 fully saturated rings. The van der Waals surface area contributed by atoms with Crippen LogP contribution in [0.25, 0.3) is 6.08 Å². The maximum Gasteiger partial charge on any atom is 0.378 e. The van der Waals surface area contributed by atoms with Crippen molar-refractivity contribution in [3.8, 4) is 5.88 Å². The van der Waals surface area contributed by atoms with Crippen LogP contribution in [-0.4, -0.2) is 36.6 Å². The van der Waals surface area contributed by atoms with Gasteiger partial charge in [0.2, 0.25) is 5.88 Å². The number of quaternary nitrogens is 1. The molecule has 1 aromatic heterocycles. The summed E-state index contributed by atoms with van der Waals surface area (Å²) in [6.07, 6.45) is 1.47. The van der Waals surface area contributed by atoms with E-state index < -0.39 is 16.5 Å². The molecule has 0 saturated heterocycles. The Balaban J connectivity index is 2.57. The standard InChI is InChI=1S/C15H20N3O4/c1-4-18(16)13-10(7-8-12(17-13)21-5-2)9-11(14(18)19)15(20)22-6-3/h7-9H,4-6,16H2,1-3H3/q+1. The van der Waals surface area contributed by atoms with Crippen molar-refractivity contribution in [2.45, 2.75) is 20.8 Å². The third-order valence-corrected chi connectivity index (χ3v) is 3.44. The minimum absolute atomic E-state index is 0.0651. The Morgan fingerprint density at radius 1 is 1.27 bits per heavy atom. The molecule has 1 aliphatic rings. The van der Waals surface area contributed by atoms with Crippen molar-refractivity contribution in [3.05, 3.63) is 23.3 Å². The van der Waals surface area contributed by atoms with E-state index in [9.17, 15) is 9.59 Å². The van der Waals surface area contributed by atoms with Gasteiger partial charge in [-0.2, -0.15) is 10.8 Å².